The largest absolute Gasteiger partial charge is 0.335 e. The van der Waals surface area contributed by atoms with Crippen LogP contribution in [0, 0.1) is 6.92 Å². The standard InChI is InChI=1S/C25H29Cl2NOS/c1-7-9-19(10-8-2)15-28-17(5)24(18(6)29)23(16(3)4)25(28)30-22-12-20(14-26)11-21(27)13-22/h7-13,16H,1,14-15H2,2-6H3/b10-8-,19-9+. The molecule has 2 aromatic rings. The zero-order valence-corrected chi connectivity index (χ0v) is 20.6. The van der Waals surface area contributed by atoms with Crippen LogP contribution in [0.25, 0.3) is 0 Å². The number of allylic oxidation sites excluding steroid dienone is 5. The molecular weight excluding hydrogens is 433 g/mol. The van der Waals surface area contributed by atoms with Crippen molar-refractivity contribution in [1.29, 1.82) is 0 Å². The van der Waals surface area contributed by atoms with Gasteiger partial charge in [-0.1, -0.05) is 68.1 Å². The van der Waals surface area contributed by atoms with Crippen LogP contribution in [-0.2, 0) is 12.4 Å². The highest BCUT2D eigenvalue weighted by Crippen LogP contribution is 2.41. The van der Waals surface area contributed by atoms with E-state index >= 15 is 0 Å². The molecule has 0 N–H and O–H groups in total. The van der Waals surface area contributed by atoms with Crippen molar-refractivity contribution in [1.82, 2.24) is 4.57 Å². The van der Waals surface area contributed by atoms with Crippen LogP contribution in [0.5, 0.6) is 0 Å². The molecule has 0 unspecified atom stereocenters. The third-order valence-electron chi connectivity index (χ3n) is 4.79. The fourth-order valence-electron chi connectivity index (χ4n) is 3.59. The van der Waals surface area contributed by atoms with Gasteiger partial charge in [-0.3, -0.25) is 4.79 Å². The number of rotatable bonds is 9. The van der Waals surface area contributed by atoms with E-state index in [2.05, 4.69) is 37.1 Å². The van der Waals surface area contributed by atoms with Crippen LogP contribution in [0.3, 0.4) is 0 Å². The van der Waals surface area contributed by atoms with E-state index in [1.807, 2.05) is 38.1 Å². The number of Topliss-reactive ketones (excluding diaryl/α,β-unsaturated/α-hetero) is 1. The average molecular weight is 462 g/mol. The van der Waals surface area contributed by atoms with Gasteiger partial charge in [-0.25, -0.2) is 0 Å². The maximum Gasteiger partial charge on any atom is 0.161 e. The normalized spacial score (nSPS) is 12.2. The van der Waals surface area contributed by atoms with Crippen LogP contribution < -0.4 is 0 Å². The molecule has 0 spiro atoms. The Labute approximate surface area is 194 Å². The van der Waals surface area contributed by atoms with Crippen LogP contribution >= 0.6 is 35.0 Å². The van der Waals surface area contributed by atoms with Crippen molar-refractivity contribution in [2.24, 2.45) is 0 Å². The summed E-state index contributed by atoms with van der Waals surface area (Å²) in [5.41, 5.74) is 4.96. The molecule has 2 rings (SSSR count). The monoisotopic (exact) mass is 461 g/mol. The molecule has 0 fully saturated rings. The fourth-order valence-corrected chi connectivity index (χ4v) is 5.45. The van der Waals surface area contributed by atoms with E-state index < -0.39 is 0 Å². The molecule has 0 saturated carbocycles. The summed E-state index contributed by atoms with van der Waals surface area (Å²) in [6, 6.07) is 5.88. The summed E-state index contributed by atoms with van der Waals surface area (Å²) < 4.78 is 2.23. The first-order chi connectivity index (χ1) is 14.2. The molecule has 0 aliphatic carbocycles. The third kappa shape index (κ3) is 5.72. The van der Waals surface area contributed by atoms with Gasteiger partial charge in [0.25, 0.3) is 0 Å². The van der Waals surface area contributed by atoms with Crippen molar-refractivity contribution in [3.8, 4) is 0 Å². The Hall–Kier alpha value is -1.68. The van der Waals surface area contributed by atoms with Gasteiger partial charge >= 0.3 is 0 Å². The lowest BCUT2D eigenvalue weighted by Crippen LogP contribution is -2.05. The Morgan fingerprint density at radius 3 is 2.53 bits per heavy atom. The number of carbonyl (C=O) groups excluding carboxylic acids is 1. The summed E-state index contributed by atoms with van der Waals surface area (Å²) in [4.78, 5) is 13.6. The van der Waals surface area contributed by atoms with Crippen molar-refractivity contribution in [2.75, 3.05) is 0 Å². The van der Waals surface area contributed by atoms with E-state index in [0.29, 0.717) is 17.4 Å². The number of benzene rings is 1. The molecule has 0 amide bonds. The minimum atomic E-state index is 0.0876. The number of hydrogen-bond donors (Lipinski definition) is 0. The third-order valence-corrected chi connectivity index (χ3v) is 6.43. The first kappa shape index (κ1) is 24.6. The highest BCUT2D eigenvalue weighted by molar-refractivity contribution is 7.99. The van der Waals surface area contributed by atoms with E-state index in [-0.39, 0.29) is 11.7 Å². The van der Waals surface area contributed by atoms with Crippen LogP contribution in [0.15, 0.2) is 64.6 Å². The molecule has 0 saturated heterocycles. The average Bonchev–Trinajstić information content (AvgIpc) is 2.94. The van der Waals surface area contributed by atoms with Crippen LogP contribution in [0.2, 0.25) is 5.02 Å². The Balaban J connectivity index is 2.73. The molecule has 1 aromatic carbocycles. The van der Waals surface area contributed by atoms with Gasteiger partial charge in [-0.2, -0.15) is 0 Å². The van der Waals surface area contributed by atoms with E-state index in [4.69, 9.17) is 23.2 Å². The lowest BCUT2D eigenvalue weighted by molar-refractivity contribution is 0.101. The smallest absolute Gasteiger partial charge is 0.161 e. The molecule has 0 radical (unpaired) electrons. The van der Waals surface area contributed by atoms with Gasteiger partial charge in [-0.05, 0) is 61.6 Å². The highest BCUT2D eigenvalue weighted by Gasteiger charge is 2.26. The number of carbonyl (C=O) groups is 1. The lowest BCUT2D eigenvalue weighted by atomic mass is 9.98. The molecular formula is C25H29Cl2NOS. The number of ketones is 1. The van der Waals surface area contributed by atoms with Crippen molar-refractivity contribution in [2.45, 2.75) is 62.9 Å². The molecule has 160 valence electrons. The van der Waals surface area contributed by atoms with E-state index in [1.165, 1.54) is 0 Å². The summed E-state index contributed by atoms with van der Waals surface area (Å²) in [5.74, 6) is 0.688. The number of nitrogens with zero attached hydrogens (tertiary/aromatic N) is 1. The summed E-state index contributed by atoms with van der Waals surface area (Å²) in [7, 11) is 0. The van der Waals surface area contributed by atoms with Gasteiger partial charge in [-0.15, -0.1) is 11.6 Å². The van der Waals surface area contributed by atoms with Crippen molar-refractivity contribution in [3.63, 3.8) is 0 Å². The molecule has 0 atom stereocenters. The Morgan fingerprint density at radius 1 is 1.30 bits per heavy atom. The maximum atomic E-state index is 12.6. The zero-order valence-electron chi connectivity index (χ0n) is 18.3. The Morgan fingerprint density at radius 2 is 2.00 bits per heavy atom. The van der Waals surface area contributed by atoms with Crippen LogP contribution in [-0.4, -0.2) is 10.4 Å². The minimum absolute atomic E-state index is 0.0876. The maximum absolute atomic E-state index is 12.6. The second-order valence-electron chi connectivity index (χ2n) is 7.48. The number of hydrogen-bond acceptors (Lipinski definition) is 2. The number of aromatic nitrogens is 1. The fraction of sp³-hybridized carbons (Fsp3) is 0.320. The second kappa shape index (κ2) is 11.1. The quantitative estimate of drug-likeness (QED) is 0.212. The molecule has 30 heavy (non-hydrogen) atoms. The SMILES string of the molecule is C=C/C=C(\C=C/C)Cn1c(C)c(C(C)=O)c(C(C)C)c1Sc1cc(Cl)cc(CCl)c1. The summed E-state index contributed by atoms with van der Waals surface area (Å²) >= 11 is 14.0. The minimum Gasteiger partial charge on any atom is -0.335 e. The van der Waals surface area contributed by atoms with Crippen LogP contribution in [0.4, 0.5) is 0 Å². The Kier molecular flexibility index (Phi) is 9.09. The summed E-state index contributed by atoms with van der Waals surface area (Å²) in [6.07, 6.45) is 7.88. The molecule has 5 heteroatoms. The van der Waals surface area contributed by atoms with Crippen molar-refractivity contribution in [3.05, 3.63) is 82.1 Å². The first-order valence-corrected chi connectivity index (χ1v) is 11.7. The molecule has 1 aromatic heterocycles. The van der Waals surface area contributed by atoms with Gasteiger partial charge in [0.1, 0.15) is 0 Å². The first-order valence-electron chi connectivity index (χ1n) is 9.94. The zero-order chi connectivity index (χ0) is 22.4. The van der Waals surface area contributed by atoms with Gasteiger partial charge in [0.2, 0.25) is 0 Å². The Bertz CT molecular complexity index is 999. The topological polar surface area (TPSA) is 22.0 Å². The molecule has 2 nitrogen and oxygen atoms in total. The van der Waals surface area contributed by atoms with Gasteiger partial charge < -0.3 is 4.57 Å². The van der Waals surface area contributed by atoms with Gasteiger partial charge in [0, 0.05) is 33.6 Å². The second-order valence-corrected chi connectivity index (χ2v) is 9.25. The highest BCUT2D eigenvalue weighted by atomic mass is 35.5. The molecule has 0 bridgehead atoms. The van der Waals surface area contributed by atoms with Gasteiger partial charge in [0.05, 0.1) is 5.03 Å². The summed E-state index contributed by atoms with van der Waals surface area (Å²) in [6.45, 7) is 14.4. The van der Waals surface area contributed by atoms with Crippen molar-refractivity contribution < 1.29 is 4.79 Å². The molecule has 0 aliphatic rings. The van der Waals surface area contributed by atoms with Crippen molar-refractivity contribution >= 4 is 40.7 Å². The van der Waals surface area contributed by atoms with E-state index in [9.17, 15) is 4.79 Å². The van der Waals surface area contributed by atoms with E-state index in [0.717, 1.165) is 37.9 Å². The predicted molar refractivity (Wildman–Crippen MR) is 131 cm³/mol. The lowest BCUT2D eigenvalue weighted by Gasteiger charge is -2.15. The number of halogens is 2. The molecule has 1 heterocycles. The molecule has 0 aliphatic heterocycles. The van der Waals surface area contributed by atoms with Gasteiger partial charge in [0.15, 0.2) is 5.78 Å². The summed E-state index contributed by atoms with van der Waals surface area (Å²) in [5, 5.41) is 1.72. The predicted octanol–water partition coefficient (Wildman–Crippen LogP) is 8.35. The number of alkyl halides is 1. The van der Waals surface area contributed by atoms with E-state index in [1.54, 1.807) is 24.8 Å². The van der Waals surface area contributed by atoms with Crippen LogP contribution in [0.1, 0.15) is 60.8 Å².